The molecule has 1 atom stereocenters. The van der Waals surface area contributed by atoms with Crippen LogP contribution in [0, 0.1) is 17.1 Å². The highest BCUT2D eigenvalue weighted by atomic mass is 35.5. The van der Waals surface area contributed by atoms with E-state index < -0.39 is 17.8 Å². The van der Waals surface area contributed by atoms with E-state index in [2.05, 4.69) is 5.32 Å². The number of aliphatic hydroxyl groups excluding tert-OH is 1. The van der Waals surface area contributed by atoms with Crippen molar-refractivity contribution < 1.29 is 34.0 Å². The van der Waals surface area contributed by atoms with Gasteiger partial charge in [-0.1, -0.05) is 41.9 Å². The van der Waals surface area contributed by atoms with Crippen LogP contribution < -0.4 is 10.1 Å². The van der Waals surface area contributed by atoms with Gasteiger partial charge in [0, 0.05) is 19.1 Å². The molecule has 10 heteroatoms. The van der Waals surface area contributed by atoms with Gasteiger partial charge in [0.05, 0.1) is 10.6 Å². The standard InChI is InChI=1S/C19H20ClFN2O2.C2H2O4/c20-16-12-19(15(13-22)11-17(16)21)25-18(7-9-23-8-4-10-24)14-5-2-1-3-6-14;3-1(4)2(5)6/h1-3,5-6,11-12,18,23-24H,4,7-10H2;(H,3,4)(H,5,6)/t18-;/m1./s1. The number of aliphatic hydroxyl groups is 1. The van der Waals surface area contributed by atoms with E-state index in [0.29, 0.717) is 25.9 Å². The molecule has 0 spiro atoms. The van der Waals surface area contributed by atoms with E-state index in [9.17, 15) is 9.65 Å². The Labute approximate surface area is 183 Å². The van der Waals surface area contributed by atoms with Gasteiger partial charge < -0.3 is 25.4 Å². The molecule has 8 nitrogen and oxygen atoms in total. The van der Waals surface area contributed by atoms with Crippen molar-refractivity contribution in [2.24, 2.45) is 0 Å². The van der Waals surface area contributed by atoms with Gasteiger partial charge in [-0.15, -0.1) is 0 Å². The maximum Gasteiger partial charge on any atom is 0.414 e. The number of nitriles is 1. The first-order valence-corrected chi connectivity index (χ1v) is 9.56. The van der Waals surface area contributed by atoms with Crippen LogP contribution in [0.2, 0.25) is 5.02 Å². The van der Waals surface area contributed by atoms with Gasteiger partial charge in [0.1, 0.15) is 23.7 Å². The smallest absolute Gasteiger partial charge is 0.414 e. The highest BCUT2D eigenvalue weighted by molar-refractivity contribution is 6.30. The molecule has 0 bridgehead atoms. The number of halogens is 2. The molecule has 0 aliphatic carbocycles. The summed E-state index contributed by atoms with van der Waals surface area (Å²) < 4.78 is 19.6. The van der Waals surface area contributed by atoms with E-state index in [-0.39, 0.29) is 29.0 Å². The summed E-state index contributed by atoms with van der Waals surface area (Å²) in [5.74, 6) is -4.03. The topological polar surface area (TPSA) is 140 Å². The molecule has 2 rings (SSSR count). The highest BCUT2D eigenvalue weighted by Crippen LogP contribution is 2.31. The quantitative estimate of drug-likeness (QED) is 0.336. The summed E-state index contributed by atoms with van der Waals surface area (Å²) in [6.45, 7) is 1.53. The fraction of sp³-hybridized carbons (Fsp3) is 0.286. The first-order valence-electron chi connectivity index (χ1n) is 9.18. The second kappa shape index (κ2) is 13.9. The fourth-order valence-corrected chi connectivity index (χ4v) is 2.54. The molecule has 2 aromatic carbocycles. The zero-order valence-corrected chi connectivity index (χ0v) is 17.2. The predicted octanol–water partition coefficient (Wildman–Crippen LogP) is 2.99. The lowest BCUT2D eigenvalue weighted by Gasteiger charge is -2.21. The number of benzene rings is 2. The average molecular weight is 453 g/mol. The van der Waals surface area contributed by atoms with Crippen LogP contribution >= 0.6 is 11.6 Å². The van der Waals surface area contributed by atoms with E-state index in [4.69, 9.17) is 41.2 Å². The number of nitrogens with one attached hydrogen (secondary N) is 1. The monoisotopic (exact) mass is 452 g/mol. The molecule has 0 amide bonds. The Balaban J connectivity index is 0.000000703. The second-order valence-electron chi connectivity index (χ2n) is 6.12. The zero-order chi connectivity index (χ0) is 23.2. The number of aliphatic carboxylic acids is 2. The molecule has 166 valence electrons. The van der Waals surface area contributed by atoms with E-state index in [0.717, 1.165) is 11.6 Å². The van der Waals surface area contributed by atoms with Crippen molar-refractivity contribution in [1.82, 2.24) is 5.32 Å². The van der Waals surface area contributed by atoms with Gasteiger partial charge in [0.15, 0.2) is 0 Å². The summed E-state index contributed by atoms with van der Waals surface area (Å²) in [5, 5.41) is 36.0. The van der Waals surface area contributed by atoms with Crippen LogP contribution in [-0.4, -0.2) is 47.0 Å². The van der Waals surface area contributed by atoms with Gasteiger partial charge in [-0.25, -0.2) is 14.0 Å². The molecule has 0 unspecified atom stereocenters. The van der Waals surface area contributed by atoms with Crippen LogP contribution in [-0.2, 0) is 9.59 Å². The van der Waals surface area contributed by atoms with Crippen LogP contribution in [0.5, 0.6) is 5.75 Å². The van der Waals surface area contributed by atoms with Crippen molar-refractivity contribution in [3.05, 3.63) is 64.4 Å². The van der Waals surface area contributed by atoms with Crippen molar-refractivity contribution in [3.63, 3.8) is 0 Å². The van der Waals surface area contributed by atoms with Crippen LogP contribution in [0.15, 0.2) is 42.5 Å². The Hall–Kier alpha value is -3.19. The molecule has 0 saturated carbocycles. The highest BCUT2D eigenvalue weighted by Gasteiger charge is 2.17. The molecule has 31 heavy (non-hydrogen) atoms. The van der Waals surface area contributed by atoms with Crippen LogP contribution in [0.25, 0.3) is 0 Å². The third-order valence-corrected chi connectivity index (χ3v) is 4.15. The molecule has 0 saturated heterocycles. The van der Waals surface area contributed by atoms with Gasteiger partial charge in [0.2, 0.25) is 0 Å². The minimum Gasteiger partial charge on any atom is -0.484 e. The summed E-state index contributed by atoms with van der Waals surface area (Å²) >= 11 is 5.83. The van der Waals surface area contributed by atoms with E-state index >= 15 is 0 Å². The molecule has 2 aromatic rings. The van der Waals surface area contributed by atoms with Gasteiger partial charge in [-0.2, -0.15) is 5.26 Å². The number of hydrogen-bond acceptors (Lipinski definition) is 6. The summed E-state index contributed by atoms with van der Waals surface area (Å²) in [5.41, 5.74) is 1.06. The molecule has 0 aromatic heterocycles. The van der Waals surface area contributed by atoms with Crippen LogP contribution in [0.1, 0.15) is 30.1 Å². The Morgan fingerprint density at radius 1 is 1.16 bits per heavy atom. The van der Waals surface area contributed by atoms with Crippen LogP contribution in [0.4, 0.5) is 4.39 Å². The number of carboxylic acids is 2. The molecule has 0 radical (unpaired) electrons. The number of nitrogens with zero attached hydrogens (tertiary/aromatic N) is 1. The Kier molecular flexibility index (Phi) is 11.6. The third-order valence-electron chi connectivity index (χ3n) is 3.86. The number of rotatable bonds is 9. The van der Waals surface area contributed by atoms with Crippen molar-refractivity contribution in [2.45, 2.75) is 18.9 Å². The zero-order valence-electron chi connectivity index (χ0n) is 16.4. The molecule has 0 aliphatic heterocycles. The van der Waals surface area contributed by atoms with Gasteiger partial charge in [0.25, 0.3) is 0 Å². The average Bonchev–Trinajstić information content (AvgIpc) is 2.76. The van der Waals surface area contributed by atoms with E-state index in [1.165, 1.54) is 6.07 Å². The fourth-order valence-electron chi connectivity index (χ4n) is 2.39. The van der Waals surface area contributed by atoms with E-state index in [1.54, 1.807) is 0 Å². The Bertz CT molecular complexity index is 893. The van der Waals surface area contributed by atoms with Gasteiger partial charge in [-0.3, -0.25) is 0 Å². The normalized spacial score (nSPS) is 10.9. The lowest BCUT2D eigenvalue weighted by molar-refractivity contribution is -0.159. The molecule has 0 aliphatic rings. The van der Waals surface area contributed by atoms with E-state index in [1.807, 2.05) is 36.4 Å². The van der Waals surface area contributed by atoms with Crippen LogP contribution in [0.3, 0.4) is 0 Å². The Morgan fingerprint density at radius 3 is 2.35 bits per heavy atom. The van der Waals surface area contributed by atoms with Gasteiger partial charge >= 0.3 is 11.9 Å². The molecular weight excluding hydrogens is 431 g/mol. The molecular formula is C21H22ClFN2O6. The van der Waals surface area contributed by atoms with Crippen molar-refractivity contribution in [3.8, 4) is 11.8 Å². The van der Waals surface area contributed by atoms with Crippen molar-refractivity contribution >= 4 is 23.5 Å². The third kappa shape index (κ3) is 9.44. The summed E-state index contributed by atoms with van der Waals surface area (Å²) in [6, 6.07) is 14.0. The number of ether oxygens (including phenoxy) is 1. The maximum atomic E-state index is 13.6. The summed E-state index contributed by atoms with van der Waals surface area (Å²) in [7, 11) is 0. The first-order chi connectivity index (χ1) is 14.8. The minimum atomic E-state index is -1.82. The number of hydrogen-bond donors (Lipinski definition) is 4. The lowest BCUT2D eigenvalue weighted by Crippen LogP contribution is -2.21. The second-order valence-corrected chi connectivity index (χ2v) is 6.52. The maximum absolute atomic E-state index is 13.6. The van der Waals surface area contributed by atoms with Gasteiger partial charge in [-0.05, 0) is 31.1 Å². The SMILES string of the molecule is N#Cc1cc(F)c(Cl)cc1O[C@H](CCNCCCO)c1ccccc1.O=C(O)C(=O)O. The minimum absolute atomic E-state index is 0.0816. The Morgan fingerprint density at radius 2 is 1.81 bits per heavy atom. The largest absolute Gasteiger partial charge is 0.484 e. The molecule has 4 N–H and O–H groups in total. The summed E-state index contributed by atoms with van der Waals surface area (Å²) in [6.07, 6.45) is 1.02. The van der Waals surface area contributed by atoms with Crippen molar-refractivity contribution in [2.75, 3.05) is 19.7 Å². The molecule has 0 fully saturated rings. The predicted molar refractivity (Wildman–Crippen MR) is 110 cm³/mol. The summed E-state index contributed by atoms with van der Waals surface area (Å²) in [4.78, 5) is 18.2. The van der Waals surface area contributed by atoms with Crippen molar-refractivity contribution in [1.29, 1.82) is 5.26 Å². The number of carboxylic acid groups (broad SMARTS) is 2. The molecule has 0 heterocycles. The lowest BCUT2D eigenvalue weighted by atomic mass is 10.1. The number of carbonyl (C=O) groups is 2. The first kappa shape index (κ1) is 25.8.